The lowest BCUT2D eigenvalue weighted by Crippen LogP contribution is -2.13. The van der Waals surface area contributed by atoms with Crippen molar-refractivity contribution in [2.45, 2.75) is 39.4 Å². The third-order valence-corrected chi connectivity index (χ3v) is 5.64. The van der Waals surface area contributed by atoms with Gasteiger partial charge in [0.05, 0.1) is 12.3 Å². The van der Waals surface area contributed by atoms with Crippen LogP contribution >= 0.6 is 0 Å². The zero-order valence-corrected chi connectivity index (χ0v) is 20.7. The van der Waals surface area contributed by atoms with Crippen LogP contribution < -0.4 is 10.2 Å². The number of benzene rings is 3. The number of nitrogens with one attached hydrogen (secondary N) is 1. The smallest absolute Gasteiger partial charge is 0.303 e. The van der Waals surface area contributed by atoms with Crippen LogP contribution in [0.25, 0.3) is 17.2 Å². The number of carbonyl (C=O) groups is 1. The van der Waals surface area contributed by atoms with Gasteiger partial charge in [-0.05, 0) is 55.2 Å². The number of nitrogens with zero attached hydrogens (tertiary/aromatic N) is 1. The molecule has 4 aromatic rings. The van der Waals surface area contributed by atoms with Crippen molar-refractivity contribution in [2.24, 2.45) is 0 Å². The van der Waals surface area contributed by atoms with E-state index in [0.29, 0.717) is 37.7 Å². The van der Waals surface area contributed by atoms with Gasteiger partial charge in [0.25, 0.3) is 0 Å². The van der Waals surface area contributed by atoms with Gasteiger partial charge in [-0.1, -0.05) is 66.7 Å². The molecule has 0 fully saturated rings. The highest BCUT2D eigenvalue weighted by atomic mass is 16.6. The van der Waals surface area contributed by atoms with Crippen molar-refractivity contribution in [1.29, 1.82) is 0 Å². The maximum absolute atomic E-state index is 10.8. The summed E-state index contributed by atoms with van der Waals surface area (Å²) in [4.78, 5) is 21.2. The molecule has 3 aromatic carbocycles. The van der Waals surface area contributed by atoms with Crippen LogP contribution in [0.4, 0.5) is 0 Å². The molecule has 37 heavy (non-hydrogen) atoms. The van der Waals surface area contributed by atoms with Gasteiger partial charge in [0, 0.05) is 12.0 Å². The molecule has 1 heterocycles. The molecule has 4 rings (SSSR count). The van der Waals surface area contributed by atoms with E-state index in [1.807, 2.05) is 97.9 Å². The van der Waals surface area contributed by atoms with Crippen molar-refractivity contribution in [1.82, 2.24) is 10.5 Å². The molecule has 0 radical (unpaired) electrons. The summed E-state index contributed by atoms with van der Waals surface area (Å²) in [5, 5.41) is 8.87. The van der Waals surface area contributed by atoms with Gasteiger partial charge < -0.3 is 14.3 Å². The standard InChI is InChI=1S/C30H30N2O5/c1-22-28(31-30(37-22)25-14-6-3-7-15-25)21-35-26-16-10-11-23(19-26)20-36-32-27(17-8-9-18-29(33)34)24-12-4-2-5-13-24/h2-7,10-17,19,32H,8-9,18,20-21H2,1H3,(H,33,34). The molecule has 0 saturated heterocycles. The minimum Gasteiger partial charge on any atom is -0.487 e. The van der Waals surface area contributed by atoms with E-state index in [-0.39, 0.29) is 6.42 Å². The van der Waals surface area contributed by atoms with Crippen molar-refractivity contribution in [3.8, 4) is 17.2 Å². The van der Waals surface area contributed by atoms with Gasteiger partial charge in [-0.25, -0.2) is 4.98 Å². The van der Waals surface area contributed by atoms with Crippen LogP contribution in [-0.2, 0) is 22.8 Å². The first-order valence-corrected chi connectivity index (χ1v) is 12.2. The Kier molecular flexibility index (Phi) is 9.10. The molecular formula is C30H30N2O5. The fourth-order valence-corrected chi connectivity index (χ4v) is 3.68. The molecule has 7 nitrogen and oxygen atoms in total. The highest BCUT2D eigenvalue weighted by Crippen LogP contribution is 2.23. The number of hydrogen-bond donors (Lipinski definition) is 2. The summed E-state index contributed by atoms with van der Waals surface area (Å²) in [6, 6.07) is 27.3. The van der Waals surface area contributed by atoms with Gasteiger partial charge >= 0.3 is 5.97 Å². The molecule has 0 aliphatic heterocycles. The summed E-state index contributed by atoms with van der Waals surface area (Å²) in [6.45, 7) is 2.49. The number of allylic oxidation sites excluding steroid dienone is 1. The number of rotatable bonds is 13. The predicted octanol–water partition coefficient (Wildman–Crippen LogP) is 6.55. The van der Waals surface area contributed by atoms with Crippen molar-refractivity contribution in [3.63, 3.8) is 0 Å². The summed E-state index contributed by atoms with van der Waals surface area (Å²) >= 11 is 0. The van der Waals surface area contributed by atoms with Gasteiger partial charge in [0.15, 0.2) is 0 Å². The maximum atomic E-state index is 10.8. The molecule has 0 aliphatic rings. The second-order valence-corrected chi connectivity index (χ2v) is 8.48. The van der Waals surface area contributed by atoms with Crippen LogP contribution in [-0.4, -0.2) is 16.1 Å². The zero-order chi connectivity index (χ0) is 25.9. The number of ether oxygens (including phenoxy) is 1. The van der Waals surface area contributed by atoms with Crippen molar-refractivity contribution in [2.75, 3.05) is 0 Å². The quantitative estimate of drug-likeness (QED) is 0.160. The molecule has 190 valence electrons. The molecule has 0 aliphatic carbocycles. The molecule has 0 saturated carbocycles. The van der Waals surface area contributed by atoms with Crippen LogP contribution in [0.15, 0.2) is 95.4 Å². The highest BCUT2D eigenvalue weighted by Gasteiger charge is 2.12. The summed E-state index contributed by atoms with van der Waals surface area (Å²) in [5.74, 6) is 1.22. The summed E-state index contributed by atoms with van der Waals surface area (Å²) < 4.78 is 11.8. The van der Waals surface area contributed by atoms with E-state index in [2.05, 4.69) is 10.5 Å². The number of hydroxylamine groups is 1. The first-order chi connectivity index (χ1) is 18.1. The number of aliphatic carboxylic acids is 1. The third-order valence-electron chi connectivity index (χ3n) is 5.64. The molecular weight excluding hydrogens is 468 g/mol. The monoisotopic (exact) mass is 498 g/mol. The van der Waals surface area contributed by atoms with Crippen molar-refractivity contribution >= 4 is 11.7 Å². The predicted molar refractivity (Wildman–Crippen MR) is 141 cm³/mol. The third kappa shape index (κ3) is 7.81. The fraction of sp³-hybridized carbons (Fsp3) is 0.200. The number of carboxylic acids is 1. The lowest BCUT2D eigenvalue weighted by molar-refractivity contribution is -0.137. The minimum atomic E-state index is -0.795. The van der Waals surface area contributed by atoms with Gasteiger partial charge in [-0.15, -0.1) is 0 Å². The second-order valence-electron chi connectivity index (χ2n) is 8.48. The van der Waals surface area contributed by atoms with E-state index in [1.54, 1.807) is 0 Å². The van der Waals surface area contributed by atoms with Crippen molar-refractivity contribution in [3.05, 3.63) is 114 Å². The average molecular weight is 499 g/mol. The van der Waals surface area contributed by atoms with Crippen LogP contribution in [0.2, 0.25) is 0 Å². The summed E-state index contributed by atoms with van der Waals surface area (Å²) in [7, 11) is 0. The van der Waals surface area contributed by atoms with Crippen LogP contribution in [0.3, 0.4) is 0 Å². The Labute approximate surface area is 216 Å². The molecule has 0 bridgehead atoms. The van der Waals surface area contributed by atoms with Crippen LogP contribution in [0.5, 0.6) is 5.75 Å². The lowest BCUT2D eigenvalue weighted by Gasteiger charge is -2.13. The van der Waals surface area contributed by atoms with E-state index in [1.165, 1.54) is 0 Å². The van der Waals surface area contributed by atoms with E-state index in [0.717, 1.165) is 33.8 Å². The number of aryl methyl sites for hydroxylation is 1. The van der Waals surface area contributed by atoms with Crippen molar-refractivity contribution < 1.29 is 23.9 Å². The van der Waals surface area contributed by atoms with E-state index in [9.17, 15) is 4.79 Å². The second kappa shape index (κ2) is 13.1. The molecule has 7 heteroatoms. The van der Waals surface area contributed by atoms with Gasteiger partial charge in [-0.3, -0.25) is 15.1 Å². The Balaban J connectivity index is 1.33. The normalized spacial score (nSPS) is 11.3. The summed E-state index contributed by atoms with van der Waals surface area (Å²) in [5.41, 5.74) is 7.40. The number of hydrogen-bond acceptors (Lipinski definition) is 6. The number of aromatic nitrogens is 1. The number of unbranched alkanes of at least 4 members (excludes halogenated alkanes) is 1. The van der Waals surface area contributed by atoms with E-state index < -0.39 is 5.97 Å². The van der Waals surface area contributed by atoms with Gasteiger partial charge in [-0.2, -0.15) is 0 Å². The molecule has 0 amide bonds. The molecule has 1 aromatic heterocycles. The Morgan fingerprint density at radius 1 is 1.00 bits per heavy atom. The summed E-state index contributed by atoms with van der Waals surface area (Å²) in [6.07, 6.45) is 3.28. The van der Waals surface area contributed by atoms with E-state index in [4.69, 9.17) is 19.1 Å². The van der Waals surface area contributed by atoms with Crippen LogP contribution in [0, 0.1) is 6.92 Å². The topological polar surface area (TPSA) is 93.8 Å². The number of oxazole rings is 1. The Bertz CT molecular complexity index is 1320. The SMILES string of the molecule is Cc1oc(-c2ccccc2)nc1COc1cccc(CONC(=CCCCC(=O)O)c2ccccc2)c1. The fourth-order valence-electron chi connectivity index (χ4n) is 3.68. The minimum absolute atomic E-state index is 0.133. The first kappa shape index (κ1) is 25.7. The Morgan fingerprint density at radius 2 is 1.76 bits per heavy atom. The lowest BCUT2D eigenvalue weighted by atomic mass is 10.1. The Morgan fingerprint density at radius 3 is 2.51 bits per heavy atom. The number of carboxylic acid groups (broad SMARTS) is 1. The Hall–Kier alpha value is -4.36. The van der Waals surface area contributed by atoms with Gasteiger partial charge in [0.1, 0.15) is 23.8 Å². The molecule has 0 atom stereocenters. The van der Waals surface area contributed by atoms with Crippen LogP contribution in [0.1, 0.15) is 41.8 Å². The molecule has 2 N–H and O–H groups in total. The first-order valence-electron chi connectivity index (χ1n) is 12.2. The average Bonchev–Trinajstić information content (AvgIpc) is 3.30. The molecule has 0 spiro atoms. The highest BCUT2D eigenvalue weighted by molar-refractivity contribution is 5.67. The largest absolute Gasteiger partial charge is 0.487 e. The van der Waals surface area contributed by atoms with E-state index >= 15 is 0 Å². The molecule has 0 unspecified atom stereocenters. The maximum Gasteiger partial charge on any atom is 0.303 e. The van der Waals surface area contributed by atoms with Gasteiger partial charge in [0.2, 0.25) is 5.89 Å². The zero-order valence-electron chi connectivity index (χ0n) is 20.7.